The van der Waals surface area contributed by atoms with Crippen LogP contribution in [-0.4, -0.2) is 25.0 Å². The van der Waals surface area contributed by atoms with Crippen LogP contribution in [-0.2, 0) is 11.3 Å². The molecule has 3 saturated carbocycles. The average Bonchev–Trinajstić information content (AvgIpc) is 2.84. The number of hydrogen-bond acceptors (Lipinski definition) is 4. The normalized spacial score (nSPS) is 36.8. The van der Waals surface area contributed by atoms with Crippen LogP contribution in [0.1, 0.15) is 25.0 Å². The van der Waals surface area contributed by atoms with E-state index in [9.17, 15) is 4.79 Å². The van der Waals surface area contributed by atoms with Gasteiger partial charge in [-0.3, -0.25) is 4.79 Å². The van der Waals surface area contributed by atoms with Gasteiger partial charge in [0.25, 0.3) is 0 Å². The topological polar surface area (TPSA) is 45.2 Å². The molecule has 3 fully saturated rings. The molecule has 5 heteroatoms. The molecule has 1 heterocycles. The van der Waals surface area contributed by atoms with Gasteiger partial charge in [-0.05, 0) is 42.9 Å². The minimum absolute atomic E-state index is 0.274. The first-order chi connectivity index (χ1) is 9.65. The molecule has 1 aromatic rings. The summed E-state index contributed by atoms with van der Waals surface area (Å²) in [6, 6.07) is 0. The maximum Gasteiger partial charge on any atom is 0.224 e. The lowest BCUT2D eigenvalue weighted by Gasteiger charge is -2.09. The maximum absolute atomic E-state index is 12.3. The molecule has 20 heavy (non-hydrogen) atoms. The highest BCUT2D eigenvalue weighted by atomic mass is 32.1. The SMILES string of the molecule is CN(C)c1nc(CNC(=O)C2C3C4CCC(C4)C23)cs1. The van der Waals surface area contributed by atoms with Crippen LogP contribution in [0, 0.1) is 29.6 Å². The molecule has 108 valence electrons. The van der Waals surface area contributed by atoms with Gasteiger partial charge in [-0.1, -0.05) is 0 Å². The Hall–Kier alpha value is -1.10. The van der Waals surface area contributed by atoms with Gasteiger partial charge in [0.05, 0.1) is 12.2 Å². The van der Waals surface area contributed by atoms with Crippen molar-refractivity contribution < 1.29 is 4.79 Å². The summed E-state index contributed by atoms with van der Waals surface area (Å²) >= 11 is 1.62. The second kappa shape index (κ2) is 4.45. The Morgan fingerprint density at radius 2 is 2.10 bits per heavy atom. The predicted molar refractivity (Wildman–Crippen MR) is 79.6 cm³/mol. The van der Waals surface area contributed by atoms with E-state index in [1.807, 2.05) is 24.4 Å². The van der Waals surface area contributed by atoms with E-state index in [0.29, 0.717) is 12.5 Å². The fourth-order valence-electron chi connectivity index (χ4n) is 4.55. The largest absolute Gasteiger partial charge is 0.354 e. The van der Waals surface area contributed by atoms with E-state index in [-0.39, 0.29) is 5.91 Å². The van der Waals surface area contributed by atoms with Crippen molar-refractivity contribution >= 4 is 22.4 Å². The molecular weight excluding hydrogens is 270 g/mol. The van der Waals surface area contributed by atoms with E-state index in [4.69, 9.17) is 0 Å². The number of nitrogens with one attached hydrogen (secondary N) is 1. The van der Waals surface area contributed by atoms with Gasteiger partial charge in [-0.2, -0.15) is 0 Å². The summed E-state index contributed by atoms with van der Waals surface area (Å²) in [6.45, 7) is 0.578. The Morgan fingerprint density at radius 3 is 2.70 bits per heavy atom. The van der Waals surface area contributed by atoms with E-state index < -0.39 is 0 Å². The summed E-state index contributed by atoms with van der Waals surface area (Å²) in [6.07, 6.45) is 4.14. The molecule has 2 bridgehead atoms. The highest BCUT2D eigenvalue weighted by Crippen LogP contribution is 2.69. The number of aromatic nitrogens is 1. The first-order valence-corrected chi connectivity index (χ1v) is 8.42. The summed E-state index contributed by atoms with van der Waals surface area (Å²) in [5.74, 6) is 3.77. The number of nitrogens with zero attached hydrogens (tertiary/aromatic N) is 2. The third-order valence-corrected chi connectivity index (χ3v) is 6.46. The average molecular weight is 291 g/mol. The molecule has 1 aromatic heterocycles. The Labute approximate surface area is 123 Å². The molecule has 4 nitrogen and oxygen atoms in total. The van der Waals surface area contributed by atoms with Crippen LogP contribution < -0.4 is 10.2 Å². The van der Waals surface area contributed by atoms with Crippen molar-refractivity contribution in [1.29, 1.82) is 0 Å². The molecule has 3 aliphatic carbocycles. The van der Waals surface area contributed by atoms with Crippen molar-refractivity contribution in [2.45, 2.75) is 25.8 Å². The molecule has 1 N–H and O–H groups in total. The van der Waals surface area contributed by atoms with Gasteiger partial charge in [0.1, 0.15) is 0 Å². The quantitative estimate of drug-likeness (QED) is 0.924. The third kappa shape index (κ3) is 1.86. The Bertz CT molecular complexity index is 525. The number of fused-ring (bicyclic) bond motifs is 5. The molecule has 4 atom stereocenters. The summed E-state index contributed by atoms with van der Waals surface area (Å²) in [4.78, 5) is 18.8. The van der Waals surface area contributed by atoms with E-state index in [1.54, 1.807) is 11.3 Å². The second-order valence-corrected chi connectivity index (χ2v) is 7.58. The van der Waals surface area contributed by atoms with Crippen molar-refractivity contribution in [3.8, 4) is 0 Å². The summed E-state index contributed by atoms with van der Waals surface area (Å²) in [7, 11) is 3.98. The van der Waals surface area contributed by atoms with Crippen LogP contribution in [0.15, 0.2) is 5.38 Å². The molecule has 0 radical (unpaired) electrons. The van der Waals surface area contributed by atoms with Gasteiger partial charge in [0.2, 0.25) is 5.91 Å². The minimum Gasteiger partial charge on any atom is -0.354 e. The van der Waals surface area contributed by atoms with Gasteiger partial charge in [-0.25, -0.2) is 4.98 Å². The number of carbonyl (C=O) groups excluding carboxylic acids is 1. The highest BCUT2D eigenvalue weighted by molar-refractivity contribution is 7.13. The molecule has 4 unspecified atom stereocenters. The Morgan fingerprint density at radius 1 is 1.40 bits per heavy atom. The lowest BCUT2D eigenvalue weighted by Crippen LogP contribution is -2.27. The van der Waals surface area contributed by atoms with Crippen LogP contribution in [0.5, 0.6) is 0 Å². The van der Waals surface area contributed by atoms with Crippen molar-refractivity contribution in [2.24, 2.45) is 29.6 Å². The monoisotopic (exact) mass is 291 g/mol. The van der Waals surface area contributed by atoms with Crippen molar-refractivity contribution in [2.75, 3.05) is 19.0 Å². The predicted octanol–water partition coefficient (Wildman–Crippen LogP) is 2.12. The molecule has 3 aliphatic rings. The van der Waals surface area contributed by atoms with Crippen LogP contribution in [0.4, 0.5) is 5.13 Å². The molecular formula is C15H21N3OS. The fourth-order valence-corrected chi connectivity index (χ4v) is 5.31. The van der Waals surface area contributed by atoms with Gasteiger partial charge in [0.15, 0.2) is 5.13 Å². The van der Waals surface area contributed by atoms with Crippen LogP contribution >= 0.6 is 11.3 Å². The van der Waals surface area contributed by atoms with Gasteiger partial charge >= 0.3 is 0 Å². The van der Waals surface area contributed by atoms with Crippen LogP contribution in [0.25, 0.3) is 0 Å². The lowest BCUT2D eigenvalue weighted by molar-refractivity contribution is -0.123. The summed E-state index contributed by atoms with van der Waals surface area (Å²) in [5.41, 5.74) is 0.973. The summed E-state index contributed by atoms with van der Waals surface area (Å²) in [5, 5.41) is 6.13. The zero-order valence-electron chi connectivity index (χ0n) is 12.0. The Kier molecular flexibility index (Phi) is 2.81. The fraction of sp³-hybridized carbons (Fsp3) is 0.733. The molecule has 4 rings (SSSR count). The zero-order chi connectivity index (χ0) is 13.9. The van der Waals surface area contributed by atoms with Crippen LogP contribution in [0.3, 0.4) is 0 Å². The zero-order valence-corrected chi connectivity index (χ0v) is 12.8. The standard InChI is InChI=1S/C15H21N3OS/c1-18(2)15-17-10(7-20-15)6-16-14(19)13-11-8-3-4-9(5-8)12(11)13/h7-9,11-13H,3-6H2,1-2H3,(H,16,19). The van der Waals surface area contributed by atoms with E-state index in [1.165, 1.54) is 19.3 Å². The van der Waals surface area contributed by atoms with Crippen LogP contribution in [0.2, 0.25) is 0 Å². The van der Waals surface area contributed by atoms with Crippen molar-refractivity contribution in [3.63, 3.8) is 0 Å². The number of hydrogen-bond donors (Lipinski definition) is 1. The lowest BCUT2D eigenvalue weighted by atomic mass is 10.0. The van der Waals surface area contributed by atoms with Gasteiger partial charge in [-0.15, -0.1) is 11.3 Å². The minimum atomic E-state index is 0.274. The number of rotatable bonds is 4. The molecule has 0 aromatic carbocycles. The maximum atomic E-state index is 12.3. The Balaban J connectivity index is 1.33. The summed E-state index contributed by atoms with van der Waals surface area (Å²) < 4.78 is 0. The van der Waals surface area contributed by atoms with Crippen molar-refractivity contribution in [1.82, 2.24) is 10.3 Å². The first kappa shape index (κ1) is 12.6. The van der Waals surface area contributed by atoms with E-state index in [2.05, 4.69) is 10.3 Å². The van der Waals surface area contributed by atoms with Gasteiger partial charge < -0.3 is 10.2 Å². The number of anilines is 1. The number of thiazole rings is 1. The van der Waals surface area contributed by atoms with E-state index in [0.717, 1.165) is 34.5 Å². The van der Waals surface area contributed by atoms with Gasteiger partial charge in [0, 0.05) is 25.4 Å². The number of amides is 1. The third-order valence-electron chi connectivity index (χ3n) is 5.40. The number of carbonyl (C=O) groups is 1. The molecule has 0 aliphatic heterocycles. The molecule has 1 amide bonds. The first-order valence-electron chi connectivity index (χ1n) is 7.54. The second-order valence-electron chi connectivity index (χ2n) is 6.75. The highest BCUT2D eigenvalue weighted by Gasteiger charge is 2.67. The molecule has 0 saturated heterocycles. The smallest absolute Gasteiger partial charge is 0.224 e. The van der Waals surface area contributed by atoms with E-state index >= 15 is 0 Å². The van der Waals surface area contributed by atoms with Crippen molar-refractivity contribution in [3.05, 3.63) is 11.1 Å². The molecule has 0 spiro atoms.